The first-order chi connectivity index (χ1) is 16.6. The number of alkyl halides is 3. The Morgan fingerprint density at radius 2 is 1.61 bits per heavy atom. The minimum atomic E-state index is -6.01. The molecule has 0 amide bonds. The molecule has 0 bridgehead atoms. The van der Waals surface area contributed by atoms with Gasteiger partial charge in [-0.1, -0.05) is 53.5 Å². The van der Waals surface area contributed by atoms with E-state index in [0.717, 1.165) is 6.07 Å². The van der Waals surface area contributed by atoms with E-state index < -0.39 is 29.4 Å². The van der Waals surface area contributed by atoms with Gasteiger partial charge in [0.05, 0.1) is 11.1 Å². The topological polar surface area (TPSA) is 85.6 Å². The van der Waals surface area contributed by atoms with Crippen molar-refractivity contribution in [3.63, 3.8) is 0 Å². The number of hydrogen-bond acceptors (Lipinski definition) is 6. The zero-order valence-electron chi connectivity index (χ0n) is 21.3. The van der Waals surface area contributed by atoms with Crippen LogP contribution in [0.25, 0.3) is 10.8 Å². The Morgan fingerprint density at radius 3 is 2.08 bits per heavy atom. The van der Waals surface area contributed by atoms with Crippen molar-refractivity contribution in [3.8, 4) is 29.0 Å². The van der Waals surface area contributed by atoms with Crippen molar-refractivity contribution in [1.29, 1.82) is 5.26 Å². The van der Waals surface area contributed by atoms with Crippen LogP contribution in [0.4, 0.5) is 13.2 Å². The van der Waals surface area contributed by atoms with Crippen molar-refractivity contribution in [1.82, 2.24) is 0 Å². The minimum Gasteiger partial charge on any atom is -0.467 e. The zero-order valence-corrected chi connectivity index (χ0v) is 23.1. The van der Waals surface area contributed by atoms with Crippen LogP contribution in [-0.2, 0) is 14.9 Å². The smallest absolute Gasteiger partial charge is 0.467 e. The number of nitrogens with zero attached hydrogens (tertiary/aromatic N) is 1. The molecular weight excluding hydrogens is 511 g/mol. The molecule has 0 saturated heterocycles. The molecule has 0 aliphatic carbocycles. The molecule has 0 aliphatic heterocycles. The lowest BCUT2D eigenvalue weighted by Gasteiger charge is -2.38. The van der Waals surface area contributed by atoms with Gasteiger partial charge in [0.2, 0.25) is 0 Å². The third-order valence-electron chi connectivity index (χ3n) is 6.27. The van der Waals surface area contributed by atoms with Gasteiger partial charge in [-0.15, -0.1) is 5.54 Å². The molecule has 11 heteroatoms. The van der Waals surface area contributed by atoms with Gasteiger partial charge in [-0.05, 0) is 34.1 Å². The van der Waals surface area contributed by atoms with E-state index in [2.05, 4.69) is 57.2 Å². The lowest BCUT2D eigenvalue weighted by Crippen LogP contribution is -2.43. The lowest BCUT2D eigenvalue weighted by atomic mass is 9.99. The molecule has 196 valence electrons. The first-order valence-corrected chi connectivity index (χ1v) is 14.9. The van der Waals surface area contributed by atoms with Gasteiger partial charge in [0.1, 0.15) is 19.9 Å². The Balaban J connectivity index is 2.98. The fourth-order valence-electron chi connectivity index (χ4n) is 4.67. The summed E-state index contributed by atoms with van der Waals surface area (Å²) in [6.45, 7) is 12.3. The Morgan fingerprint density at radius 1 is 1.03 bits per heavy atom. The third-order valence-corrected chi connectivity index (χ3v) is 13.5. The monoisotopic (exact) mass is 541 g/mol. The molecule has 2 aromatic rings. The van der Waals surface area contributed by atoms with E-state index in [0.29, 0.717) is 5.39 Å². The fraction of sp³-hybridized carbons (Fsp3) is 0.480. The highest BCUT2D eigenvalue weighted by molar-refractivity contribution is 7.88. The number of rotatable bonds is 8. The first kappa shape index (κ1) is 29.5. The number of hydrogen-bond donors (Lipinski definition) is 0. The van der Waals surface area contributed by atoms with Crippen LogP contribution in [0.1, 0.15) is 52.7 Å². The summed E-state index contributed by atoms with van der Waals surface area (Å²) in [6, 6.07) is 7.49. The normalized spacial score (nSPS) is 12.6. The minimum absolute atomic E-state index is 0.0155. The van der Waals surface area contributed by atoms with Gasteiger partial charge in [0.15, 0.2) is 12.5 Å². The molecule has 6 nitrogen and oxygen atoms in total. The fourth-order valence-corrected chi connectivity index (χ4v) is 10.3. The number of fused-ring (bicyclic) bond motifs is 1. The molecule has 0 saturated carbocycles. The van der Waals surface area contributed by atoms with E-state index in [1.165, 1.54) is 25.3 Å². The van der Waals surface area contributed by atoms with Crippen molar-refractivity contribution in [3.05, 3.63) is 35.4 Å². The van der Waals surface area contributed by atoms with Crippen molar-refractivity contribution in [2.75, 3.05) is 13.9 Å². The molecule has 0 aliphatic rings. The molecular formula is C25H30F3NO5SSi. The molecule has 0 fully saturated rings. The van der Waals surface area contributed by atoms with Crippen molar-refractivity contribution in [2.24, 2.45) is 0 Å². The molecule has 0 N–H and O–H groups in total. The van der Waals surface area contributed by atoms with Crippen molar-refractivity contribution >= 4 is 29.0 Å². The maximum Gasteiger partial charge on any atom is 0.534 e. The summed E-state index contributed by atoms with van der Waals surface area (Å²) in [6.07, 6.45) is 0. The summed E-state index contributed by atoms with van der Waals surface area (Å²) in [5.41, 5.74) is -1.26. The van der Waals surface area contributed by atoms with E-state index in [1.807, 2.05) is 6.07 Å². The summed E-state index contributed by atoms with van der Waals surface area (Å²) >= 11 is 0. The summed E-state index contributed by atoms with van der Waals surface area (Å²) in [4.78, 5) is 0. The van der Waals surface area contributed by atoms with Gasteiger partial charge in [0.25, 0.3) is 0 Å². The summed E-state index contributed by atoms with van der Waals surface area (Å²) < 4.78 is 78.2. The van der Waals surface area contributed by atoms with Crippen LogP contribution in [0.2, 0.25) is 16.6 Å². The maximum atomic E-state index is 13.2. The van der Waals surface area contributed by atoms with Crippen LogP contribution in [0.5, 0.6) is 11.5 Å². The Hall–Kier alpha value is -2.73. The van der Waals surface area contributed by atoms with E-state index in [9.17, 15) is 26.9 Å². The molecule has 2 rings (SSSR count). The Labute approximate surface area is 211 Å². The van der Waals surface area contributed by atoms with E-state index in [1.54, 1.807) is 0 Å². The predicted octanol–water partition coefficient (Wildman–Crippen LogP) is 6.49. The van der Waals surface area contributed by atoms with Gasteiger partial charge in [-0.3, -0.25) is 0 Å². The predicted molar refractivity (Wildman–Crippen MR) is 135 cm³/mol. The summed E-state index contributed by atoms with van der Waals surface area (Å²) in [5, 5.41) is 10.1. The number of benzene rings is 2. The van der Waals surface area contributed by atoms with Gasteiger partial charge < -0.3 is 13.7 Å². The summed E-state index contributed by atoms with van der Waals surface area (Å²) in [5.74, 6) is 2.48. The SMILES string of the molecule is COCOc1cc(OS(=O)(=O)C(F)(F)F)c2c(C#C[Si](C(C)C)(C(C)C)C(C)C)c(C#N)ccc2c1. The molecule has 0 unspecified atom stereocenters. The van der Waals surface area contributed by atoms with Crippen LogP contribution in [0.15, 0.2) is 24.3 Å². The lowest BCUT2D eigenvalue weighted by molar-refractivity contribution is -0.0499. The molecule has 0 spiro atoms. The number of nitriles is 1. The van der Waals surface area contributed by atoms with Gasteiger partial charge in [-0.25, -0.2) is 0 Å². The third kappa shape index (κ3) is 5.80. The largest absolute Gasteiger partial charge is 0.534 e. The van der Waals surface area contributed by atoms with Crippen molar-refractivity contribution < 1.29 is 35.2 Å². The average Bonchev–Trinajstić information content (AvgIpc) is 2.76. The molecule has 0 heterocycles. The van der Waals surface area contributed by atoms with Crippen LogP contribution in [-0.4, -0.2) is 35.9 Å². The summed E-state index contributed by atoms with van der Waals surface area (Å²) in [7, 11) is -6.96. The second kappa shape index (κ2) is 11.1. The molecule has 2 aromatic carbocycles. The van der Waals surface area contributed by atoms with Crippen LogP contribution < -0.4 is 8.92 Å². The van der Waals surface area contributed by atoms with Gasteiger partial charge in [0, 0.05) is 18.6 Å². The number of halogens is 3. The average molecular weight is 542 g/mol. The quantitative estimate of drug-likeness (QED) is 0.125. The van der Waals surface area contributed by atoms with Gasteiger partial charge in [-0.2, -0.15) is 26.9 Å². The number of ether oxygens (including phenoxy) is 2. The highest BCUT2D eigenvalue weighted by Gasteiger charge is 2.49. The highest BCUT2D eigenvalue weighted by atomic mass is 32.2. The van der Waals surface area contributed by atoms with Crippen LogP contribution >= 0.6 is 0 Å². The second-order valence-corrected chi connectivity index (χ2v) is 16.4. The Kier molecular flexibility index (Phi) is 9.11. The Bertz CT molecular complexity index is 1300. The molecule has 0 atom stereocenters. The first-order valence-electron chi connectivity index (χ1n) is 11.3. The molecule has 0 radical (unpaired) electrons. The van der Waals surface area contributed by atoms with Crippen molar-refractivity contribution in [2.45, 2.75) is 63.7 Å². The maximum absolute atomic E-state index is 13.2. The second-order valence-electron chi connectivity index (χ2n) is 9.30. The standard InChI is InChI=1S/C25H30F3NO5SSi/c1-16(2)36(17(3)4,18(5)6)11-10-22-20(14-29)9-8-19-12-21(33-15-32-7)13-23(24(19)22)34-35(30,31)25(26,27)28/h8-9,12-13,16-18H,15H2,1-7H3. The van der Waals surface area contributed by atoms with Crippen LogP contribution in [0.3, 0.4) is 0 Å². The molecule has 36 heavy (non-hydrogen) atoms. The van der Waals surface area contributed by atoms with E-state index in [-0.39, 0.29) is 45.7 Å². The molecule has 0 aromatic heterocycles. The van der Waals surface area contributed by atoms with E-state index in [4.69, 9.17) is 9.47 Å². The van der Waals surface area contributed by atoms with Gasteiger partial charge >= 0.3 is 15.6 Å². The van der Waals surface area contributed by atoms with E-state index >= 15 is 0 Å². The highest BCUT2D eigenvalue weighted by Crippen LogP contribution is 2.42. The zero-order chi connectivity index (χ0) is 27.5. The number of methoxy groups -OCH3 is 1. The van der Waals surface area contributed by atoms with Crippen LogP contribution in [0, 0.1) is 22.8 Å².